The first-order valence-electron chi connectivity index (χ1n) is 10.3. The van der Waals surface area contributed by atoms with Crippen molar-refractivity contribution in [1.29, 1.82) is 0 Å². The molecule has 0 spiro atoms. The van der Waals surface area contributed by atoms with Crippen LogP contribution < -0.4 is 10.9 Å². The minimum Gasteiger partial charge on any atom is -0.477 e. The number of aliphatic carboxylic acids is 1. The van der Waals surface area contributed by atoms with Crippen molar-refractivity contribution in [2.45, 2.75) is 30.7 Å². The van der Waals surface area contributed by atoms with Gasteiger partial charge in [-0.05, 0) is 24.0 Å². The average molecular weight is 463 g/mol. The second kappa shape index (κ2) is 9.57. The van der Waals surface area contributed by atoms with E-state index < -0.39 is 23.3 Å². The summed E-state index contributed by atoms with van der Waals surface area (Å²) in [4.78, 5) is 55.7. The lowest BCUT2D eigenvalue weighted by Gasteiger charge is -2.49. The number of nitrogens with zero attached hydrogens (tertiary/aromatic N) is 3. The molecule has 2 amide bonds. The van der Waals surface area contributed by atoms with Crippen molar-refractivity contribution in [3.05, 3.63) is 52.1 Å². The van der Waals surface area contributed by atoms with Crippen molar-refractivity contribution in [2.75, 3.05) is 25.4 Å². The maximum absolute atomic E-state index is 12.7. The number of fused-ring (bicyclic) bond motifs is 1. The molecule has 0 aromatic heterocycles. The molecule has 2 unspecified atom stereocenters. The molecular weight excluding hydrogens is 438 g/mol. The highest BCUT2D eigenvalue weighted by atomic mass is 32.2. The molecule has 0 saturated carbocycles. The first kappa shape index (κ1) is 22.1. The molecule has 32 heavy (non-hydrogen) atoms. The zero-order valence-electron chi connectivity index (χ0n) is 17.2. The molecule has 2 saturated heterocycles. The van der Waals surface area contributed by atoms with Gasteiger partial charge in [0.25, 0.3) is 10.9 Å². The van der Waals surface area contributed by atoms with Crippen LogP contribution in [0.1, 0.15) is 18.4 Å². The van der Waals surface area contributed by atoms with Gasteiger partial charge >= 0.3 is 5.97 Å². The Morgan fingerprint density at radius 3 is 2.62 bits per heavy atom. The molecule has 4 rings (SSSR count). The third-order valence-corrected chi connectivity index (χ3v) is 6.84. The number of nitroso groups, excluding NO2 is 1. The topological polar surface area (TPSA) is 131 Å². The Morgan fingerprint density at radius 1 is 1.22 bits per heavy atom. The van der Waals surface area contributed by atoms with Crippen molar-refractivity contribution in [1.82, 2.24) is 20.8 Å². The van der Waals surface area contributed by atoms with E-state index >= 15 is 0 Å². The maximum atomic E-state index is 12.7. The molecule has 1 aromatic rings. The van der Waals surface area contributed by atoms with E-state index in [9.17, 15) is 24.4 Å². The minimum atomic E-state index is -1.25. The highest BCUT2D eigenvalue weighted by Gasteiger charge is 2.54. The van der Waals surface area contributed by atoms with Gasteiger partial charge in [-0.15, -0.1) is 16.8 Å². The SMILES string of the molecule is O=C(Cc1ccccc1)NC1C(=O)N2C(C(=O)O)=C(CON[N+](=O)N3CCCC3)CSC12. The summed E-state index contributed by atoms with van der Waals surface area (Å²) in [5.74, 6) is -1.74. The van der Waals surface area contributed by atoms with Gasteiger partial charge in [-0.1, -0.05) is 30.3 Å². The van der Waals surface area contributed by atoms with Crippen LogP contribution >= 0.6 is 11.8 Å². The van der Waals surface area contributed by atoms with Crippen LogP contribution in [0.4, 0.5) is 0 Å². The monoisotopic (exact) mass is 462 g/mol. The van der Waals surface area contributed by atoms with E-state index in [1.54, 1.807) is 5.01 Å². The summed E-state index contributed by atoms with van der Waals surface area (Å²) in [5, 5.41) is 13.4. The summed E-state index contributed by atoms with van der Waals surface area (Å²) < 4.78 is 0. The lowest BCUT2D eigenvalue weighted by atomic mass is 10.0. The number of carboxylic acids is 1. The van der Waals surface area contributed by atoms with Gasteiger partial charge < -0.3 is 10.4 Å². The Balaban J connectivity index is 1.35. The number of hydrogen-bond acceptors (Lipinski definition) is 6. The summed E-state index contributed by atoms with van der Waals surface area (Å²) in [6.45, 7) is 1.09. The third-order valence-electron chi connectivity index (χ3n) is 5.50. The number of amides is 2. The fraction of sp³-hybridized carbons (Fsp3) is 0.450. The number of benzene rings is 1. The van der Waals surface area contributed by atoms with E-state index in [1.165, 1.54) is 16.7 Å². The van der Waals surface area contributed by atoms with Crippen LogP contribution in [0.3, 0.4) is 0 Å². The zero-order valence-corrected chi connectivity index (χ0v) is 18.0. The fourth-order valence-corrected chi connectivity index (χ4v) is 5.24. The Kier molecular flexibility index (Phi) is 6.61. The molecular formula is C20H24N5O6S+. The van der Waals surface area contributed by atoms with Crippen LogP contribution in [0.25, 0.3) is 0 Å². The lowest BCUT2D eigenvalue weighted by molar-refractivity contribution is -0.785. The van der Waals surface area contributed by atoms with E-state index in [0.29, 0.717) is 29.4 Å². The van der Waals surface area contributed by atoms with Crippen LogP contribution in [0.5, 0.6) is 0 Å². The van der Waals surface area contributed by atoms with E-state index in [0.717, 1.165) is 18.4 Å². The second-order valence-electron chi connectivity index (χ2n) is 7.69. The lowest BCUT2D eigenvalue weighted by Crippen LogP contribution is -2.70. The van der Waals surface area contributed by atoms with Gasteiger partial charge in [-0.25, -0.2) is 9.63 Å². The number of carbonyl (C=O) groups is 3. The van der Waals surface area contributed by atoms with Gasteiger partial charge in [-0.3, -0.25) is 14.5 Å². The number of carboxylic acid groups (broad SMARTS) is 1. The summed E-state index contributed by atoms with van der Waals surface area (Å²) in [6.07, 6.45) is 1.98. The predicted molar refractivity (Wildman–Crippen MR) is 113 cm³/mol. The van der Waals surface area contributed by atoms with Crippen LogP contribution in [0.2, 0.25) is 0 Å². The smallest absolute Gasteiger partial charge is 0.352 e. The largest absolute Gasteiger partial charge is 0.477 e. The van der Waals surface area contributed by atoms with Crippen LogP contribution in [-0.2, 0) is 25.6 Å². The molecule has 0 aliphatic carbocycles. The van der Waals surface area contributed by atoms with Crippen molar-refractivity contribution in [3.8, 4) is 0 Å². The van der Waals surface area contributed by atoms with Crippen molar-refractivity contribution >= 4 is 29.5 Å². The van der Waals surface area contributed by atoms with Crippen molar-refractivity contribution in [3.63, 3.8) is 0 Å². The number of carbonyl (C=O) groups excluding carboxylic acids is 2. The second-order valence-corrected chi connectivity index (χ2v) is 8.79. The molecule has 170 valence electrons. The molecule has 3 aliphatic rings. The minimum absolute atomic E-state index is 0.136. The van der Waals surface area contributed by atoms with Gasteiger partial charge in [0.05, 0.1) is 24.4 Å². The van der Waals surface area contributed by atoms with Gasteiger partial charge in [0, 0.05) is 11.3 Å². The summed E-state index contributed by atoms with van der Waals surface area (Å²) in [7, 11) is 0. The number of β-lactam (4-membered cyclic amide) rings is 1. The quantitative estimate of drug-likeness (QED) is 0.267. The number of nitrogens with one attached hydrogen (secondary N) is 2. The zero-order chi connectivity index (χ0) is 22.7. The first-order chi connectivity index (χ1) is 15.5. The number of hydrogen-bond donors (Lipinski definition) is 3. The van der Waals surface area contributed by atoms with Gasteiger partial charge in [0.15, 0.2) is 0 Å². The Hall–Kier alpha value is -3.12. The number of rotatable bonds is 9. The molecule has 12 heteroatoms. The average Bonchev–Trinajstić information content (AvgIpc) is 3.32. The molecule has 1 aromatic carbocycles. The van der Waals surface area contributed by atoms with Crippen molar-refractivity contribution < 1.29 is 29.3 Å². The fourth-order valence-electron chi connectivity index (χ4n) is 3.91. The molecule has 0 radical (unpaired) electrons. The summed E-state index contributed by atoms with van der Waals surface area (Å²) in [6, 6.07) is 8.37. The van der Waals surface area contributed by atoms with E-state index in [4.69, 9.17) is 4.84 Å². The third kappa shape index (κ3) is 4.55. The molecule has 2 fully saturated rings. The van der Waals surface area contributed by atoms with E-state index in [-0.39, 0.29) is 24.6 Å². The standard InChI is InChI=1S/C20H23N5O6S/c26-15(10-13-6-2-1-3-7-13)21-16-18(27)24-17(20(28)29)14(12-32-19(16)24)11-31-22-25(30)23-8-4-5-9-23/h1-3,6-7,16,19H,4-5,8-12H2,(H2-,21,22,26,28,29,30)/p+1. The summed E-state index contributed by atoms with van der Waals surface area (Å²) >= 11 is 1.35. The molecule has 3 aliphatic heterocycles. The number of hydrazine groups is 2. The molecule has 2 atom stereocenters. The number of thioether (sulfide) groups is 1. The van der Waals surface area contributed by atoms with Crippen LogP contribution in [0, 0.1) is 4.91 Å². The molecule has 3 heterocycles. The first-order valence-corrected chi connectivity index (χ1v) is 11.3. The van der Waals surface area contributed by atoms with Crippen LogP contribution in [0.15, 0.2) is 41.6 Å². The van der Waals surface area contributed by atoms with Crippen molar-refractivity contribution in [2.24, 2.45) is 0 Å². The predicted octanol–water partition coefficient (Wildman–Crippen LogP) is 0.194. The highest BCUT2D eigenvalue weighted by molar-refractivity contribution is 8.00. The molecule has 0 bridgehead atoms. The molecule has 3 N–H and O–H groups in total. The Labute approximate surface area is 188 Å². The highest BCUT2D eigenvalue weighted by Crippen LogP contribution is 2.40. The molecule has 11 nitrogen and oxygen atoms in total. The Morgan fingerprint density at radius 2 is 1.94 bits per heavy atom. The Bertz CT molecular complexity index is 949. The van der Waals surface area contributed by atoms with Gasteiger partial charge in [0.1, 0.15) is 23.7 Å². The van der Waals surface area contributed by atoms with Crippen LogP contribution in [-0.4, -0.2) is 74.6 Å². The van der Waals surface area contributed by atoms with Gasteiger partial charge in [-0.2, -0.15) is 0 Å². The van der Waals surface area contributed by atoms with E-state index in [2.05, 4.69) is 10.9 Å². The van der Waals surface area contributed by atoms with E-state index in [1.807, 2.05) is 30.3 Å². The normalized spacial score (nSPS) is 22.3. The van der Waals surface area contributed by atoms with Gasteiger partial charge in [0.2, 0.25) is 5.91 Å². The summed E-state index contributed by atoms with van der Waals surface area (Å²) in [5.41, 5.74) is 3.29. The maximum Gasteiger partial charge on any atom is 0.352 e.